The first-order valence-electron chi connectivity index (χ1n) is 10.6. The van der Waals surface area contributed by atoms with Crippen LogP contribution in [0.2, 0.25) is 0 Å². The summed E-state index contributed by atoms with van der Waals surface area (Å²) < 4.78 is 39.0. The first kappa shape index (κ1) is 23.6. The van der Waals surface area contributed by atoms with Crippen molar-refractivity contribution in [3.05, 3.63) is 65.2 Å². The number of rotatable bonds is 5. The van der Waals surface area contributed by atoms with Crippen LogP contribution >= 0.6 is 0 Å². The van der Waals surface area contributed by atoms with E-state index in [0.717, 1.165) is 17.7 Å². The van der Waals surface area contributed by atoms with Crippen LogP contribution in [0.5, 0.6) is 0 Å². The molecule has 0 spiro atoms. The molecule has 1 fully saturated rings. The average Bonchev–Trinajstić information content (AvgIpc) is 2.76. The van der Waals surface area contributed by atoms with Gasteiger partial charge in [-0.15, -0.1) is 0 Å². The third kappa shape index (κ3) is 5.60. The van der Waals surface area contributed by atoms with E-state index in [9.17, 15) is 22.8 Å². The van der Waals surface area contributed by atoms with E-state index in [4.69, 9.17) is 0 Å². The summed E-state index contributed by atoms with van der Waals surface area (Å²) in [4.78, 5) is 29.3. The second-order valence-electron chi connectivity index (χ2n) is 8.43. The van der Waals surface area contributed by atoms with Gasteiger partial charge in [0.15, 0.2) is 0 Å². The molecule has 2 aromatic carbocycles. The number of carbonyl (C=O) groups excluding carboxylic acids is 2. The van der Waals surface area contributed by atoms with Crippen molar-refractivity contribution < 1.29 is 22.8 Å². The van der Waals surface area contributed by atoms with Gasteiger partial charge in [-0.1, -0.05) is 37.6 Å². The molecule has 3 rings (SSSR count). The number of alkyl halides is 3. The van der Waals surface area contributed by atoms with Crippen molar-refractivity contribution >= 4 is 17.5 Å². The predicted octanol–water partition coefficient (Wildman–Crippen LogP) is 4.12. The molecule has 1 unspecified atom stereocenters. The van der Waals surface area contributed by atoms with Gasteiger partial charge in [-0.2, -0.15) is 13.2 Å². The number of nitrogens with zero attached hydrogens (tertiary/aromatic N) is 2. The summed E-state index contributed by atoms with van der Waals surface area (Å²) in [6.07, 6.45) is -4.40. The van der Waals surface area contributed by atoms with Gasteiger partial charge in [0.25, 0.3) is 5.91 Å². The lowest BCUT2D eigenvalue weighted by atomic mass is 10.0. The van der Waals surface area contributed by atoms with Crippen molar-refractivity contribution in [2.24, 2.45) is 5.92 Å². The lowest BCUT2D eigenvalue weighted by molar-refractivity contribution is -0.137. The van der Waals surface area contributed by atoms with Gasteiger partial charge in [-0.3, -0.25) is 9.59 Å². The smallest absolute Gasteiger partial charge is 0.368 e. The fourth-order valence-electron chi connectivity index (χ4n) is 3.79. The van der Waals surface area contributed by atoms with Crippen LogP contribution in [0, 0.1) is 12.8 Å². The summed E-state index contributed by atoms with van der Waals surface area (Å²) in [6, 6.07) is 11.7. The topological polar surface area (TPSA) is 52.7 Å². The third-order valence-corrected chi connectivity index (χ3v) is 5.63. The van der Waals surface area contributed by atoms with Crippen molar-refractivity contribution in [3.8, 4) is 0 Å². The summed E-state index contributed by atoms with van der Waals surface area (Å²) in [5, 5.41) is 2.86. The van der Waals surface area contributed by atoms with Gasteiger partial charge in [0.05, 0.1) is 5.56 Å². The van der Waals surface area contributed by atoms with Crippen molar-refractivity contribution in [1.29, 1.82) is 0 Å². The Kier molecular flexibility index (Phi) is 7.11. The van der Waals surface area contributed by atoms with Crippen molar-refractivity contribution in [2.45, 2.75) is 33.0 Å². The average molecular weight is 448 g/mol. The lowest BCUT2D eigenvalue weighted by Gasteiger charge is -2.38. The molecule has 1 N–H and O–H groups in total. The second-order valence-corrected chi connectivity index (χ2v) is 8.43. The largest absolute Gasteiger partial charge is 0.416 e. The van der Waals surface area contributed by atoms with Gasteiger partial charge in [-0.25, -0.2) is 0 Å². The maximum absolute atomic E-state index is 13.1. The molecule has 2 amide bonds. The van der Waals surface area contributed by atoms with Crippen molar-refractivity contribution in [3.63, 3.8) is 0 Å². The van der Waals surface area contributed by atoms with Crippen molar-refractivity contribution in [1.82, 2.24) is 10.2 Å². The summed E-state index contributed by atoms with van der Waals surface area (Å²) in [7, 11) is 0. The van der Waals surface area contributed by atoms with Gasteiger partial charge in [-0.05, 0) is 43.2 Å². The summed E-state index contributed by atoms with van der Waals surface area (Å²) in [6.45, 7) is 7.23. The molecule has 0 bridgehead atoms. The van der Waals surface area contributed by atoms with Gasteiger partial charge < -0.3 is 15.1 Å². The van der Waals surface area contributed by atoms with Gasteiger partial charge >= 0.3 is 6.18 Å². The highest BCUT2D eigenvalue weighted by molar-refractivity contribution is 5.97. The Balaban J connectivity index is 1.64. The van der Waals surface area contributed by atoms with Gasteiger partial charge in [0.1, 0.15) is 6.04 Å². The third-order valence-electron chi connectivity index (χ3n) is 5.63. The standard InChI is InChI=1S/C24H28F3N3O2/c1-16(2)21(28-22(31)18-7-4-6-17(3)14-18)23(32)30-12-10-29(11-13-30)20-9-5-8-19(15-20)24(25,26)27/h4-9,14-16,21H,10-13H2,1-3H3,(H,28,31). The molecule has 1 atom stereocenters. The van der Waals surface area contributed by atoms with Crippen LogP contribution in [0.3, 0.4) is 0 Å². The highest BCUT2D eigenvalue weighted by Gasteiger charge is 2.33. The van der Waals surface area contributed by atoms with E-state index in [-0.39, 0.29) is 17.7 Å². The number of hydrogen-bond donors (Lipinski definition) is 1. The summed E-state index contributed by atoms with van der Waals surface area (Å²) in [5.41, 5.74) is 1.25. The zero-order chi connectivity index (χ0) is 23.5. The van der Waals surface area contributed by atoms with Gasteiger partial charge in [0.2, 0.25) is 5.91 Å². The number of amides is 2. The Morgan fingerprint density at radius 3 is 2.22 bits per heavy atom. The Morgan fingerprint density at radius 2 is 1.62 bits per heavy atom. The fraction of sp³-hybridized carbons (Fsp3) is 0.417. The van der Waals surface area contributed by atoms with Crippen LogP contribution in [-0.2, 0) is 11.0 Å². The SMILES string of the molecule is Cc1cccc(C(=O)NC(C(=O)N2CCN(c3cccc(C(F)(F)F)c3)CC2)C(C)C)c1. The van der Waals surface area contributed by atoms with Crippen LogP contribution in [0.25, 0.3) is 0 Å². The molecule has 5 nitrogen and oxygen atoms in total. The van der Waals surface area contributed by atoms with E-state index in [1.54, 1.807) is 29.2 Å². The van der Waals surface area contributed by atoms with Gasteiger partial charge in [0, 0.05) is 37.4 Å². The van der Waals surface area contributed by atoms with Crippen LogP contribution in [-0.4, -0.2) is 48.9 Å². The molecule has 172 valence electrons. The summed E-state index contributed by atoms with van der Waals surface area (Å²) >= 11 is 0. The predicted molar refractivity (Wildman–Crippen MR) is 118 cm³/mol. The number of halogens is 3. The Labute approximate surface area is 186 Å². The minimum absolute atomic E-state index is 0.113. The van der Waals surface area contributed by atoms with E-state index in [2.05, 4.69) is 5.32 Å². The Bertz CT molecular complexity index is 967. The van der Waals surface area contributed by atoms with E-state index < -0.39 is 17.8 Å². The number of aryl methyl sites for hydroxylation is 1. The molecular formula is C24H28F3N3O2. The number of piperazine rings is 1. The molecule has 0 radical (unpaired) electrons. The Hall–Kier alpha value is -3.03. The molecule has 1 aliphatic rings. The second kappa shape index (κ2) is 9.63. The van der Waals surface area contributed by atoms with E-state index in [0.29, 0.717) is 37.4 Å². The number of carbonyl (C=O) groups is 2. The molecule has 0 aromatic heterocycles. The maximum atomic E-state index is 13.1. The van der Waals surface area contributed by atoms with Crippen LogP contribution in [0.4, 0.5) is 18.9 Å². The van der Waals surface area contributed by atoms with Crippen LogP contribution < -0.4 is 10.2 Å². The fourth-order valence-corrected chi connectivity index (χ4v) is 3.79. The zero-order valence-electron chi connectivity index (χ0n) is 18.4. The molecule has 2 aromatic rings. The van der Waals surface area contributed by atoms with E-state index in [1.807, 2.05) is 31.7 Å². The molecular weight excluding hydrogens is 419 g/mol. The minimum atomic E-state index is -4.40. The quantitative estimate of drug-likeness (QED) is 0.750. The minimum Gasteiger partial charge on any atom is -0.368 e. The molecule has 1 heterocycles. The highest BCUT2D eigenvalue weighted by atomic mass is 19.4. The summed E-state index contributed by atoms with van der Waals surface area (Å²) in [5.74, 6) is -0.592. The molecule has 1 saturated heterocycles. The number of benzene rings is 2. The van der Waals surface area contributed by atoms with Crippen LogP contribution in [0.1, 0.15) is 35.3 Å². The molecule has 0 saturated carbocycles. The first-order valence-corrected chi connectivity index (χ1v) is 10.6. The molecule has 8 heteroatoms. The first-order chi connectivity index (χ1) is 15.1. The zero-order valence-corrected chi connectivity index (χ0v) is 18.4. The number of nitrogens with one attached hydrogen (secondary N) is 1. The number of anilines is 1. The highest BCUT2D eigenvalue weighted by Crippen LogP contribution is 2.32. The number of hydrogen-bond acceptors (Lipinski definition) is 3. The molecule has 0 aliphatic carbocycles. The lowest BCUT2D eigenvalue weighted by Crippen LogP contribution is -2.56. The van der Waals surface area contributed by atoms with Crippen molar-refractivity contribution in [2.75, 3.05) is 31.1 Å². The van der Waals surface area contributed by atoms with E-state index in [1.165, 1.54) is 6.07 Å². The maximum Gasteiger partial charge on any atom is 0.416 e. The van der Waals surface area contributed by atoms with Crippen LogP contribution in [0.15, 0.2) is 48.5 Å². The normalized spacial score (nSPS) is 15.6. The molecule has 32 heavy (non-hydrogen) atoms. The Morgan fingerprint density at radius 1 is 0.969 bits per heavy atom. The monoisotopic (exact) mass is 447 g/mol. The van der Waals surface area contributed by atoms with E-state index >= 15 is 0 Å². The molecule has 1 aliphatic heterocycles.